The molecule has 3 heteroatoms. The molecule has 2 nitrogen and oxygen atoms in total. The van der Waals surface area contributed by atoms with Crippen LogP contribution in [-0.4, -0.2) is 0 Å². The highest BCUT2D eigenvalue weighted by Crippen LogP contribution is 2.16. The van der Waals surface area contributed by atoms with Crippen LogP contribution in [0.15, 0.2) is 42.5 Å². The molecule has 0 heterocycles. The van der Waals surface area contributed by atoms with Gasteiger partial charge in [0.25, 0.3) is 0 Å². The van der Waals surface area contributed by atoms with E-state index in [1.807, 2.05) is 30.3 Å². The summed E-state index contributed by atoms with van der Waals surface area (Å²) >= 11 is 0. The van der Waals surface area contributed by atoms with Gasteiger partial charge in [0.2, 0.25) is 0 Å². The molecule has 2 N–H and O–H groups in total. The van der Waals surface area contributed by atoms with Crippen LogP contribution >= 0.6 is 0 Å². The number of ether oxygens (including phenoxy) is 1. The van der Waals surface area contributed by atoms with Crippen molar-refractivity contribution in [2.45, 2.75) is 26.5 Å². The Morgan fingerprint density at radius 3 is 2.32 bits per heavy atom. The first kappa shape index (κ1) is 13.6. The molecule has 0 aliphatic carbocycles. The van der Waals surface area contributed by atoms with E-state index < -0.39 is 0 Å². The van der Waals surface area contributed by atoms with Gasteiger partial charge in [0.15, 0.2) is 0 Å². The lowest BCUT2D eigenvalue weighted by Gasteiger charge is -2.08. The molecule has 0 atom stereocenters. The minimum atomic E-state index is -0.275. The Morgan fingerprint density at radius 1 is 1.00 bits per heavy atom. The van der Waals surface area contributed by atoms with Gasteiger partial charge >= 0.3 is 0 Å². The zero-order valence-corrected chi connectivity index (χ0v) is 11.0. The molecule has 100 valence electrons. The lowest BCUT2D eigenvalue weighted by Crippen LogP contribution is -2.01. The largest absolute Gasteiger partial charge is 0.489 e. The predicted octanol–water partition coefficient (Wildman–Crippen LogP) is 3.43. The van der Waals surface area contributed by atoms with Crippen LogP contribution in [-0.2, 0) is 19.6 Å². The molecule has 0 aliphatic heterocycles. The van der Waals surface area contributed by atoms with Gasteiger partial charge in [0.05, 0.1) is 0 Å². The minimum Gasteiger partial charge on any atom is -0.489 e. The highest BCUT2D eigenvalue weighted by molar-refractivity contribution is 5.28. The van der Waals surface area contributed by atoms with Gasteiger partial charge in [0.1, 0.15) is 18.2 Å². The van der Waals surface area contributed by atoms with E-state index in [2.05, 4.69) is 6.92 Å². The predicted molar refractivity (Wildman–Crippen MR) is 74.4 cm³/mol. The Balaban J connectivity index is 2.03. The van der Waals surface area contributed by atoms with Gasteiger partial charge in [-0.1, -0.05) is 25.1 Å². The van der Waals surface area contributed by atoms with Crippen LogP contribution in [0, 0.1) is 5.82 Å². The molecule has 2 rings (SSSR count). The number of benzene rings is 2. The third-order valence-corrected chi connectivity index (χ3v) is 2.99. The molecular formula is C16H18FNO. The molecule has 0 unspecified atom stereocenters. The van der Waals surface area contributed by atoms with Gasteiger partial charge < -0.3 is 10.5 Å². The summed E-state index contributed by atoms with van der Waals surface area (Å²) in [6.45, 7) is 2.78. The molecule has 0 saturated carbocycles. The van der Waals surface area contributed by atoms with Gasteiger partial charge in [-0.25, -0.2) is 4.39 Å². The second-order valence-corrected chi connectivity index (χ2v) is 4.46. The van der Waals surface area contributed by atoms with E-state index in [-0.39, 0.29) is 5.82 Å². The monoisotopic (exact) mass is 259 g/mol. The highest BCUT2D eigenvalue weighted by Gasteiger charge is 2.01. The van der Waals surface area contributed by atoms with E-state index in [4.69, 9.17) is 10.5 Å². The molecule has 0 spiro atoms. The van der Waals surface area contributed by atoms with E-state index >= 15 is 0 Å². The number of aryl methyl sites for hydroxylation is 1. The number of rotatable bonds is 5. The molecule has 0 fully saturated rings. The van der Waals surface area contributed by atoms with E-state index in [9.17, 15) is 4.39 Å². The summed E-state index contributed by atoms with van der Waals surface area (Å²) in [6.07, 6.45) is 1.00. The molecule has 0 radical (unpaired) electrons. The van der Waals surface area contributed by atoms with Gasteiger partial charge in [-0.3, -0.25) is 0 Å². The molecule has 0 saturated heterocycles. The fraction of sp³-hybridized carbons (Fsp3) is 0.250. The van der Waals surface area contributed by atoms with Crippen molar-refractivity contribution < 1.29 is 9.13 Å². The summed E-state index contributed by atoms with van der Waals surface area (Å²) in [5.41, 5.74) is 8.36. The zero-order chi connectivity index (χ0) is 13.7. The first-order valence-corrected chi connectivity index (χ1v) is 6.41. The lowest BCUT2D eigenvalue weighted by molar-refractivity contribution is 0.305. The SMILES string of the molecule is CCc1ccc(OCc2cc(F)cc(CN)c2)cc1. The zero-order valence-electron chi connectivity index (χ0n) is 11.0. The van der Waals surface area contributed by atoms with Gasteiger partial charge in [-0.2, -0.15) is 0 Å². The van der Waals surface area contributed by atoms with Crippen LogP contribution in [0.4, 0.5) is 4.39 Å². The Bertz CT molecular complexity index is 537. The number of hydrogen-bond acceptors (Lipinski definition) is 2. The molecule has 0 amide bonds. The summed E-state index contributed by atoms with van der Waals surface area (Å²) in [7, 11) is 0. The molecule has 2 aromatic rings. The van der Waals surface area contributed by atoms with E-state index in [0.717, 1.165) is 23.3 Å². The fourth-order valence-corrected chi connectivity index (χ4v) is 1.91. The van der Waals surface area contributed by atoms with E-state index in [1.54, 1.807) is 0 Å². The highest BCUT2D eigenvalue weighted by atomic mass is 19.1. The third kappa shape index (κ3) is 3.80. The van der Waals surface area contributed by atoms with Crippen molar-refractivity contribution in [3.05, 3.63) is 65.0 Å². The maximum absolute atomic E-state index is 13.3. The van der Waals surface area contributed by atoms with Gasteiger partial charge in [-0.05, 0) is 47.4 Å². The molecular weight excluding hydrogens is 241 g/mol. The van der Waals surface area contributed by atoms with Crippen molar-refractivity contribution in [2.75, 3.05) is 0 Å². The molecule has 2 aromatic carbocycles. The Hall–Kier alpha value is -1.87. The molecule has 0 aromatic heterocycles. The lowest BCUT2D eigenvalue weighted by atomic mass is 10.1. The van der Waals surface area contributed by atoms with Crippen molar-refractivity contribution in [3.63, 3.8) is 0 Å². The topological polar surface area (TPSA) is 35.2 Å². The van der Waals surface area contributed by atoms with Crippen molar-refractivity contribution in [1.82, 2.24) is 0 Å². The molecule has 0 aliphatic rings. The van der Waals surface area contributed by atoms with Gasteiger partial charge in [-0.15, -0.1) is 0 Å². The Labute approximate surface area is 113 Å². The van der Waals surface area contributed by atoms with Gasteiger partial charge in [0, 0.05) is 6.54 Å². The quantitative estimate of drug-likeness (QED) is 0.893. The first-order chi connectivity index (χ1) is 9.21. The number of hydrogen-bond donors (Lipinski definition) is 1. The minimum absolute atomic E-state index is 0.275. The van der Waals surface area contributed by atoms with Crippen LogP contribution in [0.25, 0.3) is 0 Å². The number of nitrogens with two attached hydrogens (primary N) is 1. The summed E-state index contributed by atoms with van der Waals surface area (Å²) < 4.78 is 19.0. The average Bonchev–Trinajstić information content (AvgIpc) is 2.45. The van der Waals surface area contributed by atoms with Crippen LogP contribution in [0.2, 0.25) is 0 Å². The third-order valence-electron chi connectivity index (χ3n) is 2.99. The Morgan fingerprint density at radius 2 is 1.68 bits per heavy atom. The van der Waals surface area contributed by atoms with Crippen LogP contribution in [0.1, 0.15) is 23.6 Å². The smallest absolute Gasteiger partial charge is 0.123 e. The van der Waals surface area contributed by atoms with Crippen molar-refractivity contribution in [1.29, 1.82) is 0 Å². The fourth-order valence-electron chi connectivity index (χ4n) is 1.91. The number of halogens is 1. The van der Waals surface area contributed by atoms with Crippen LogP contribution in [0.5, 0.6) is 5.75 Å². The molecule has 19 heavy (non-hydrogen) atoms. The second kappa shape index (κ2) is 6.34. The maximum Gasteiger partial charge on any atom is 0.123 e. The van der Waals surface area contributed by atoms with Crippen LogP contribution in [0.3, 0.4) is 0 Å². The standard InChI is InChI=1S/C16H18FNO/c1-2-12-3-5-16(6-4-12)19-11-14-7-13(10-18)8-15(17)9-14/h3-9H,2,10-11,18H2,1H3. The van der Waals surface area contributed by atoms with Crippen molar-refractivity contribution >= 4 is 0 Å². The van der Waals surface area contributed by atoms with Crippen molar-refractivity contribution in [2.24, 2.45) is 5.73 Å². The van der Waals surface area contributed by atoms with Crippen molar-refractivity contribution in [3.8, 4) is 5.75 Å². The molecule has 0 bridgehead atoms. The second-order valence-electron chi connectivity index (χ2n) is 4.46. The Kier molecular flexibility index (Phi) is 4.53. The van der Waals surface area contributed by atoms with E-state index in [1.165, 1.54) is 17.7 Å². The summed E-state index contributed by atoms with van der Waals surface area (Å²) in [5.74, 6) is 0.513. The average molecular weight is 259 g/mol. The summed E-state index contributed by atoms with van der Waals surface area (Å²) in [6, 6.07) is 12.7. The van der Waals surface area contributed by atoms with Crippen LogP contribution < -0.4 is 10.5 Å². The first-order valence-electron chi connectivity index (χ1n) is 6.41. The summed E-state index contributed by atoms with van der Waals surface area (Å²) in [5, 5.41) is 0. The normalized spacial score (nSPS) is 10.5. The van der Waals surface area contributed by atoms with E-state index in [0.29, 0.717) is 13.2 Å². The maximum atomic E-state index is 13.3. The summed E-state index contributed by atoms with van der Waals surface area (Å²) in [4.78, 5) is 0.